The highest BCUT2D eigenvalue weighted by Gasteiger charge is 2.16. The van der Waals surface area contributed by atoms with E-state index < -0.39 is 11.9 Å². The number of urea groups is 1. The molecule has 0 aliphatic heterocycles. The first-order valence-electron chi connectivity index (χ1n) is 5.65. The van der Waals surface area contributed by atoms with Gasteiger partial charge in [0.25, 0.3) is 0 Å². The van der Waals surface area contributed by atoms with Crippen LogP contribution in [0.15, 0.2) is 0 Å². The third kappa shape index (κ3) is 5.58. The molecule has 0 heterocycles. The number of aliphatic carboxylic acids is 1. The van der Waals surface area contributed by atoms with E-state index >= 15 is 0 Å². The van der Waals surface area contributed by atoms with Gasteiger partial charge in [-0.15, -0.1) is 0 Å². The summed E-state index contributed by atoms with van der Waals surface area (Å²) < 4.78 is 0. The van der Waals surface area contributed by atoms with Gasteiger partial charge in [-0.1, -0.05) is 20.8 Å². The highest BCUT2D eigenvalue weighted by Crippen LogP contribution is 2.01. The van der Waals surface area contributed by atoms with E-state index in [1.807, 2.05) is 20.8 Å². The number of carboxylic acid groups (broad SMARTS) is 1. The molecular formula is C11H22N2O3. The summed E-state index contributed by atoms with van der Waals surface area (Å²) in [5, 5.41) is 14.1. The van der Waals surface area contributed by atoms with Gasteiger partial charge >= 0.3 is 12.0 Å². The highest BCUT2D eigenvalue weighted by atomic mass is 16.4. The number of carbonyl (C=O) groups excluding carboxylic acids is 1. The van der Waals surface area contributed by atoms with Crippen LogP contribution in [0, 0.1) is 11.8 Å². The molecule has 5 heteroatoms. The number of carboxylic acids is 1. The molecule has 0 aromatic heterocycles. The van der Waals surface area contributed by atoms with Gasteiger partial charge in [-0.25, -0.2) is 4.79 Å². The molecule has 0 rings (SSSR count). The number of hydrogen-bond donors (Lipinski definition) is 3. The van der Waals surface area contributed by atoms with Crippen LogP contribution in [0.1, 0.15) is 34.1 Å². The predicted octanol–water partition coefficient (Wildman–Crippen LogP) is 1.44. The Balaban J connectivity index is 3.93. The number of carbonyl (C=O) groups is 2. The van der Waals surface area contributed by atoms with Crippen LogP contribution in [-0.2, 0) is 4.79 Å². The summed E-state index contributed by atoms with van der Waals surface area (Å²) in [6.07, 6.45) is 0.509. The first kappa shape index (κ1) is 14.7. The molecule has 94 valence electrons. The Morgan fingerprint density at radius 2 is 1.81 bits per heavy atom. The van der Waals surface area contributed by atoms with Gasteiger partial charge in [-0.05, 0) is 19.3 Å². The first-order chi connectivity index (χ1) is 7.38. The summed E-state index contributed by atoms with van der Waals surface area (Å²) in [7, 11) is 0. The average molecular weight is 230 g/mol. The molecule has 0 spiro atoms. The maximum atomic E-state index is 11.4. The monoisotopic (exact) mass is 230 g/mol. The Morgan fingerprint density at radius 1 is 1.25 bits per heavy atom. The lowest BCUT2D eigenvalue weighted by Gasteiger charge is -2.18. The van der Waals surface area contributed by atoms with Crippen LogP contribution in [0.25, 0.3) is 0 Å². The fourth-order valence-electron chi connectivity index (χ4n) is 1.05. The minimum atomic E-state index is -0.875. The van der Waals surface area contributed by atoms with Crippen LogP contribution in [0.5, 0.6) is 0 Å². The van der Waals surface area contributed by atoms with Crippen molar-refractivity contribution < 1.29 is 14.7 Å². The Hall–Kier alpha value is -1.26. The molecule has 2 unspecified atom stereocenters. The van der Waals surface area contributed by atoms with Crippen molar-refractivity contribution in [3.05, 3.63) is 0 Å². The van der Waals surface area contributed by atoms with E-state index in [-0.39, 0.29) is 18.6 Å². The lowest BCUT2D eigenvalue weighted by Crippen LogP contribution is -2.45. The maximum absolute atomic E-state index is 11.4. The molecule has 5 nitrogen and oxygen atoms in total. The van der Waals surface area contributed by atoms with E-state index in [1.165, 1.54) is 0 Å². The summed E-state index contributed by atoms with van der Waals surface area (Å²) in [5.41, 5.74) is 0. The van der Waals surface area contributed by atoms with Crippen LogP contribution >= 0.6 is 0 Å². The van der Waals surface area contributed by atoms with Crippen LogP contribution in [-0.4, -0.2) is 29.7 Å². The van der Waals surface area contributed by atoms with Gasteiger partial charge < -0.3 is 15.7 Å². The molecule has 0 aliphatic carbocycles. The molecule has 2 atom stereocenters. The van der Waals surface area contributed by atoms with Gasteiger partial charge in [0.15, 0.2) is 0 Å². The van der Waals surface area contributed by atoms with Crippen LogP contribution in [0.3, 0.4) is 0 Å². The Bertz CT molecular complexity index is 241. The number of amides is 2. The predicted molar refractivity (Wildman–Crippen MR) is 62.3 cm³/mol. The fraction of sp³-hybridized carbons (Fsp3) is 0.818. The largest absolute Gasteiger partial charge is 0.481 e. The smallest absolute Gasteiger partial charge is 0.315 e. The number of nitrogens with one attached hydrogen (secondary N) is 2. The third-order valence-corrected chi connectivity index (χ3v) is 2.71. The van der Waals surface area contributed by atoms with Crippen molar-refractivity contribution >= 4 is 12.0 Å². The van der Waals surface area contributed by atoms with Gasteiger partial charge in [-0.3, -0.25) is 4.79 Å². The maximum Gasteiger partial charge on any atom is 0.315 e. The summed E-state index contributed by atoms with van der Waals surface area (Å²) in [6, 6.07) is -0.231. The summed E-state index contributed by atoms with van der Waals surface area (Å²) in [4.78, 5) is 22.1. The van der Waals surface area contributed by atoms with Gasteiger partial charge in [0.1, 0.15) is 0 Å². The zero-order valence-corrected chi connectivity index (χ0v) is 10.4. The Labute approximate surface area is 96.6 Å². The van der Waals surface area contributed by atoms with E-state index in [9.17, 15) is 9.59 Å². The van der Waals surface area contributed by atoms with Crippen molar-refractivity contribution in [3.8, 4) is 0 Å². The quantitative estimate of drug-likeness (QED) is 0.646. The molecule has 0 aliphatic rings. The number of hydrogen-bond acceptors (Lipinski definition) is 2. The average Bonchev–Trinajstić information content (AvgIpc) is 2.17. The normalized spacial score (nSPS) is 14.3. The summed E-state index contributed by atoms with van der Waals surface area (Å²) in [5.74, 6) is -1.04. The molecule has 0 bridgehead atoms. The minimum absolute atomic E-state index is 0.0740. The van der Waals surface area contributed by atoms with Gasteiger partial charge in [0.2, 0.25) is 0 Å². The zero-order valence-electron chi connectivity index (χ0n) is 10.4. The number of rotatable bonds is 6. The molecular weight excluding hydrogens is 208 g/mol. The second kappa shape index (κ2) is 7.09. The first-order valence-corrected chi connectivity index (χ1v) is 5.65. The molecule has 0 saturated carbocycles. The lowest BCUT2D eigenvalue weighted by atomic mass is 10.1. The van der Waals surface area contributed by atoms with E-state index in [1.54, 1.807) is 6.92 Å². The molecule has 16 heavy (non-hydrogen) atoms. The van der Waals surface area contributed by atoms with Crippen molar-refractivity contribution in [2.24, 2.45) is 11.8 Å². The van der Waals surface area contributed by atoms with Crippen molar-refractivity contribution in [1.29, 1.82) is 0 Å². The van der Waals surface area contributed by atoms with Gasteiger partial charge in [0, 0.05) is 12.6 Å². The molecule has 0 saturated heterocycles. The van der Waals surface area contributed by atoms with E-state index in [2.05, 4.69) is 10.6 Å². The van der Waals surface area contributed by atoms with Crippen LogP contribution in [0.4, 0.5) is 4.79 Å². The molecule has 0 fully saturated rings. The van der Waals surface area contributed by atoms with Crippen molar-refractivity contribution in [2.45, 2.75) is 40.2 Å². The highest BCUT2D eigenvalue weighted by molar-refractivity contribution is 5.76. The molecule has 0 aromatic rings. The summed E-state index contributed by atoms with van der Waals surface area (Å²) in [6.45, 7) is 7.89. The molecule has 2 amide bonds. The van der Waals surface area contributed by atoms with E-state index in [0.717, 1.165) is 0 Å². The Morgan fingerprint density at radius 3 is 2.19 bits per heavy atom. The van der Waals surface area contributed by atoms with E-state index in [0.29, 0.717) is 12.3 Å². The third-order valence-electron chi connectivity index (χ3n) is 2.71. The van der Waals surface area contributed by atoms with Crippen molar-refractivity contribution in [2.75, 3.05) is 6.54 Å². The van der Waals surface area contributed by atoms with Crippen molar-refractivity contribution in [1.82, 2.24) is 10.6 Å². The zero-order chi connectivity index (χ0) is 12.7. The van der Waals surface area contributed by atoms with Gasteiger partial charge in [-0.2, -0.15) is 0 Å². The van der Waals surface area contributed by atoms with Crippen LogP contribution < -0.4 is 10.6 Å². The Kier molecular flexibility index (Phi) is 6.53. The fourth-order valence-corrected chi connectivity index (χ4v) is 1.05. The lowest BCUT2D eigenvalue weighted by molar-refractivity contribution is -0.141. The standard InChI is InChI=1S/C11H22N2O3/c1-5-9(10(14)15)6-12-11(16)13-8(4)7(2)3/h7-9H,5-6H2,1-4H3,(H,14,15)(H2,12,13,16). The summed E-state index contributed by atoms with van der Waals surface area (Å²) >= 11 is 0. The second-order valence-corrected chi connectivity index (χ2v) is 4.33. The second-order valence-electron chi connectivity index (χ2n) is 4.33. The molecule has 0 radical (unpaired) electrons. The SMILES string of the molecule is CCC(CNC(=O)NC(C)C(C)C)C(=O)O. The van der Waals surface area contributed by atoms with Crippen LogP contribution in [0.2, 0.25) is 0 Å². The van der Waals surface area contributed by atoms with Gasteiger partial charge in [0.05, 0.1) is 5.92 Å². The van der Waals surface area contributed by atoms with Crippen molar-refractivity contribution in [3.63, 3.8) is 0 Å². The minimum Gasteiger partial charge on any atom is -0.481 e. The molecule has 0 aromatic carbocycles. The topological polar surface area (TPSA) is 78.4 Å². The van der Waals surface area contributed by atoms with E-state index in [4.69, 9.17) is 5.11 Å². The molecule has 3 N–H and O–H groups in total.